The van der Waals surface area contributed by atoms with Gasteiger partial charge in [0.2, 0.25) is 0 Å². The second-order valence-corrected chi connectivity index (χ2v) is 7.84. The predicted molar refractivity (Wildman–Crippen MR) is 78.8 cm³/mol. The Morgan fingerprint density at radius 2 is 1.81 bits per heavy atom. The first-order valence-electron chi connectivity index (χ1n) is 6.21. The number of nitrogens with one attached hydrogen (secondary N) is 1. The highest BCUT2D eigenvalue weighted by molar-refractivity contribution is 7.90. The third kappa shape index (κ3) is 3.19. The molecule has 1 heterocycles. The van der Waals surface area contributed by atoms with E-state index in [-0.39, 0.29) is 12.3 Å². The largest absolute Gasteiger partial charge is 0.325 e. The van der Waals surface area contributed by atoms with Crippen molar-refractivity contribution < 1.29 is 18.0 Å². The summed E-state index contributed by atoms with van der Waals surface area (Å²) >= 11 is 5.81. The van der Waals surface area contributed by atoms with Crippen molar-refractivity contribution in [1.29, 1.82) is 0 Å². The number of hydrogen-bond acceptors (Lipinski definition) is 4. The molecule has 1 aliphatic rings. The second kappa shape index (κ2) is 5.31. The quantitative estimate of drug-likeness (QED) is 0.839. The fraction of sp³-hybridized carbons (Fsp3) is 0.385. The summed E-state index contributed by atoms with van der Waals surface area (Å²) in [7, 11) is -3.26. The van der Waals surface area contributed by atoms with Crippen molar-refractivity contribution in [3.05, 3.63) is 34.9 Å². The highest BCUT2D eigenvalue weighted by atomic mass is 35.5. The van der Waals surface area contributed by atoms with E-state index in [4.69, 9.17) is 11.6 Å². The van der Waals surface area contributed by atoms with Gasteiger partial charge in [-0.15, -0.1) is 0 Å². The Labute approximate surface area is 128 Å². The van der Waals surface area contributed by atoms with E-state index < -0.39 is 27.3 Å². The number of halogens is 1. The van der Waals surface area contributed by atoms with E-state index in [1.54, 1.807) is 31.2 Å². The summed E-state index contributed by atoms with van der Waals surface area (Å²) in [4.78, 5) is 25.3. The van der Waals surface area contributed by atoms with Crippen molar-refractivity contribution in [1.82, 2.24) is 10.2 Å². The smallest absolute Gasteiger partial charge is 0.319 e. The summed E-state index contributed by atoms with van der Waals surface area (Å²) in [5.74, 6) is -0.735. The monoisotopic (exact) mass is 330 g/mol. The van der Waals surface area contributed by atoms with Crippen molar-refractivity contribution in [2.75, 3.05) is 18.6 Å². The zero-order chi connectivity index (χ0) is 15.8. The number of nitrogens with zero attached hydrogens (tertiary/aromatic N) is 1. The van der Waals surface area contributed by atoms with Crippen LogP contribution >= 0.6 is 11.6 Å². The van der Waals surface area contributed by atoms with Crippen molar-refractivity contribution >= 4 is 33.4 Å². The molecule has 8 heteroatoms. The number of urea groups is 1. The lowest BCUT2D eigenvalue weighted by molar-refractivity contribution is -0.130. The van der Waals surface area contributed by atoms with E-state index in [1.165, 1.54) is 0 Å². The van der Waals surface area contributed by atoms with E-state index in [0.29, 0.717) is 10.6 Å². The van der Waals surface area contributed by atoms with Gasteiger partial charge in [0, 0.05) is 17.8 Å². The number of carbonyl (C=O) groups is 2. The van der Waals surface area contributed by atoms with Crippen molar-refractivity contribution in [3.63, 3.8) is 0 Å². The number of amides is 3. The number of hydrogen-bond donors (Lipinski definition) is 1. The van der Waals surface area contributed by atoms with E-state index in [2.05, 4.69) is 5.32 Å². The van der Waals surface area contributed by atoms with Gasteiger partial charge in [-0.2, -0.15) is 0 Å². The predicted octanol–water partition coefficient (Wildman–Crippen LogP) is 1.15. The van der Waals surface area contributed by atoms with Crippen LogP contribution in [0, 0.1) is 0 Å². The zero-order valence-corrected chi connectivity index (χ0v) is 13.2. The molecule has 0 aliphatic carbocycles. The molecule has 3 amide bonds. The number of imide groups is 1. The summed E-state index contributed by atoms with van der Waals surface area (Å²) in [5, 5.41) is 3.12. The lowest BCUT2D eigenvalue weighted by atomic mass is 9.92. The van der Waals surface area contributed by atoms with Gasteiger partial charge in [-0.3, -0.25) is 9.69 Å². The van der Waals surface area contributed by atoms with Gasteiger partial charge in [0.15, 0.2) is 0 Å². The van der Waals surface area contributed by atoms with Crippen LogP contribution < -0.4 is 5.32 Å². The second-order valence-electron chi connectivity index (χ2n) is 5.15. The Morgan fingerprint density at radius 1 is 1.24 bits per heavy atom. The standard InChI is InChI=1S/C13H15ClN2O4S/c1-13(9-3-5-10(14)6-4-9)11(17)16(12(18)15-13)7-8-21(2,19)20/h3-6H,7-8H2,1-2H3,(H,15,18)/t13-/m0/s1. The first-order chi connectivity index (χ1) is 9.63. The fourth-order valence-electron chi connectivity index (χ4n) is 2.14. The molecular formula is C13H15ClN2O4S. The highest BCUT2D eigenvalue weighted by Crippen LogP contribution is 2.29. The van der Waals surface area contributed by atoms with Gasteiger partial charge in [-0.05, 0) is 24.6 Å². The lowest BCUT2D eigenvalue weighted by Gasteiger charge is -2.22. The molecule has 0 spiro atoms. The summed E-state index contributed by atoms with van der Waals surface area (Å²) in [6, 6.07) is 5.96. The van der Waals surface area contributed by atoms with E-state index >= 15 is 0 Å². The molecule has 6 nitrogen and oxygen atoms in total. The molecule has 0 radical (unpaired) electrons. The maximum Gasteiger partial charge on any atom is 0.325 e. The first-order valence-corrected chi connectivity index (χ1v) is 8.65. The van der Waals surface area contributed by atoms with Crippen LogP contribution in [0.4, 0.5) is 4.79 Å². The molecule has 1 aromatic carbocycles. The molecule has 2 rings (SSSR count). The van der Waals surface area contributed by atoms with Crippen LogP contribution in [-0.2, 0) is 20.2 Å². The normalized spacial score (nSPS) is 22.5. The molecule has 0 saturated carbocycles. The topological polar surface area (TPSA) is 83.6 Å². The minimum absolute atomic E-state index is 0.160. The third-order valence-electron chi connectivity index (χ3n) is 3.38. The average molecular weight is 331 g/mol. The van der Waals surface area contributed by atoms with Crippen molar-refractivity contribution in [2.24, 2.45) is 0 Å². The lowest BCUT2D eigenvalue weighted by Crippen LogP contribution is -2.41. The molecule has 1 aromatic rings. The van der Waals surface area contributed by atoms with E-state index in [9.17, 15) is 18.0 Å². The molecule has 1 aliphatic heterocycles. The van der Waals surface area contributed by atoms with Gasteiger partial charge in [0.1, 0.15) is 15.4 Å². The Balaban J connectivity index is 2.26. The molecule has 1 atom stereocenters. The average Bonchev–Trinajstić information content (AvgIpc) is 2.59. The molecule has 1 fully saturated rings. The Bertz CT molecular complexity index is 687. The third-order valence-corrected chi connectivity index (χ3v) is 4.56. The van der Waals surface area contributed by atoms with Crippen LogP contribution in [0.5, 0.6) is 0 Å². The minimum atomic E-state index is -3.26. The van der Waals surface area contributed by atoms with Crippen LogP contribution in [0.3, 0.4) is 0 Å². The van der Waals surface area contributed by atoms with Crippen molar-refractivity contribution in [3.8, 4) is 0 Å². The van der Waals surface area contributed by atoms with Crippen molar-refractivity contribution in [2.45, 2.75) is 12.5 Å². The number of sulfone groups is 1. The van der Waals surface area contributed by atoms with Crippen LogP contribution in [0.1, 0.15) is 12.5 Å². The van der Waals surface area contributed by atoms with Crippen LogP contribution in [0.2, 0.25) is 5.02 Å². The van der Waals surface area contributed by atoms with Gasteiger partial charge in [0.05, 0.1) is 5.75 Å². The SMILES string of the molecule is C[C@@]1(c2ccc(Cl)cc2)NC(=O)N(CCS(C)(=O)=O)C1=O. The number of benzene rings is 1. The Morgan fingerprint density at radius 3 is 2.33 bits per heavy atom. The van der Waals surface area contributed by atoms with Gasteiger partial charge < -0.3 is 5.32 Å². The van der Waals surface area contributed by atoms with Crippen LogP contribution in [0.25, 0.3) is 0 Å². The summed E-state index contributed by atoms with van der Waals surface area (Å²) in [5.41, 5.74) is -0.619. The number of carbonyl (C=O) groups excluding carboxylic acids is 2. The summed E-state index contributed by atoms with van der Waals surface area (Å²) < 4.78 is 22.4. The molecule has 0 aromatic heterocycles. The minimum Gasteiger partial charge on any atom is -0.319 e. The zero-order valence-electron chi connectivity index (χ0n) is 11.6. The molecule has 0 bridgehead atoms. The van der Waals surface area contributed by atoms with Gasteiger partial charge >= 0.3 is 6.03 Å². The molecule has 1 N–H and O–H groups in total. The highest BCUT2D eigenvalue weighted by Gasteiger charge is 2.48. The molecule has 0 unspecified atom stereocenters. The molecule has 1 saturated heterocycles. The van der Waals surface area contributed by atoms with Gasteiger partial charge in [-0.25, -0.2) is 13.2 Å². The van der Waals surface area contributed by atoms with E-state index in [1.807, 2.05) is 0 Å². The Hall–Kier alpha value is -1.60. The fourth-order valence-corrected chi connectivity index (χ4v) is 2.78. The maximum atomic E-state index is 12.5. The summed E-state index contributed by atoms with van der Waals surface area (Å²) in [6.45, 7) is 1.42. The van der Waals surface area contributed by atoms with Crippen LogP contribution in [-0.4, -0.2) is 43.8 Å². The van der Waals surface area contributed by atoms with Gasteiger partial charge in [0.25, 0.3) is 5.91 Å². The van der Waals surface area contributed by atoms with E-state index in [0.717, 1.165) is 11.2 Å². The molecule has 21 heavy (non-hydrogen) atoms. The van der Waals surface area contributed by atoms with Gasteiger partial charge in [-0.1, -0.05) is 23.7 Å². The Kier molecular flexibility index (Phi) is 3.99. The molecular weight excluding hydrogens is 316 g/mol. The van der Waals surface area contributed by atoms with Crippen LogP contribution in [0.15, 0.2) is 24.3 Å². The molecule has 114 valence electrons. The number of rotatable bonds is 4. The first kappa shape index (κ1) is 15.8. The maximum absolute atomic E-state index is 12.5. The summed E-state index contributed by atoms with van der Waals surface area (Å²) in [6.07, 6.45) is 1.06.